The molecule has 0 aliphatic rings. The van der Waals surface area contributed by atoms with Gasteiger partial charge in [0, 0.05) is 12.1 Å². The Morgan fingerprint density at radius 3 is 2.30 bits per heavy atom. The van der Waals surface area contributed by atoms with Crippen molar-refractivity contribution in [3.8, 4) is 17.2 Å². The molecular weight excluding hydrogens is 282 g/mol. The first kappa shape index (κ1) is 16.9. The molecule has 0 amide bonds. The van der Waals surface area contributed by atoms with Crippen LogP contribution in [0.3, 0.4) is 0 Å². The van der Waals surface area contributed by atoms with Crippen LogP contribution in [0.25, 0.3) is 0 Å². The second kappa shape index (κ2) is 7.57. The first-order valence-electron chi connectivity index (χ1n) is 6.40. The zero-order valence-electron chi connectivity index (χ0n) is 12.2. The number of hydrogen-bond donors (Lipinski definition) is 2. The van der Waals surface area contributed by atoms with Gasteiger partial charge in [0.1, 0.15) is 28.4 Å². The fourth-order valence-electron chi connectivity index (χ4n) is 1.74. The van der Waals surface area contributed by atoms with Gasteiger partial charge in [0.2, 0.25) is 0 Å². The van der Waals surface area contributed by atoms with E-state index in [2.05, 4.69) is 0 Å². The van der Waals surface area contributed by atoms with Crippen molar-refractivity contribution < 1.29 is 19.3 Å². The molecule has 0 heterocycles. The number of hydrogen-bond acceptors (Lipinski definition) is 5. The lowest BCUT2D eigenvalue weighted by Gasteiger charge is -2.23. The summed E-state index contributed by atoms with van der Waals surface area (Å²) < 4.78 is 15.8. The minimum Gasteiger partial charge on any atom is -0.496 e. The number of halogens is 1. The Morgan fingerprint density at radius 1 is 1.20 bits per heavy atom. The van der Waals surface area contributed by atoms with Gasteiger partial charge in [-0.2, -0.15) is 0 Å². The van der Waals surface area contributed by atoms with Gasteiger partial charge in [-0.15, -0.1) is 0 Å². The molecule has 0 fully saturated rings. The number of aliphatic hydroxyl groups is 1. The Balaban J connectivity index is 2.90. The Bertz CT molecular complexity index is 439. The van der Waals surface area contributed by atoms with Crippen molar-refractivity contribution in [3.63, 3.8) is 0 Å². The van der Waals surface area contributed by atoms with Crippen LogP contribution in [0.15, 0.2) is 12.1 Å². The van der Waals surface area contributed by atoms with Crippen molar-refractivity contribution in [1.82, 2.24) is 0 Å². The van der Waals surface area contributed by atoms with Crippen LogP contribution in [0.1, 0.15) is 20.3 Å². The predicted molar refractivity (Wildman–Crippen MR) is 78.6 cm³/mol. The highest BCUT2D eigenvalue weighted by atomic mass is 35.5. The molecule has 1 rings (SSSR count). The smallest absolute Gasteiger partial charge is 0.173 e. The number of aliphatic hydroxyl groups excluding tert-OH is 1. The summed E-state index contributed by atoms with van der Waals surface area (Å²) in [5.41, 5.74) is 5.84. The van der Waals surface area contributed by atoms with Crippen molar-refractivity contribution in [3.05, 3.63) is 17.2 Å². The molecule has 0 spiro atoms. The quantitative estimate of drug-likeness (QED) is 0.757. The minimum absolute atomic E-state index is 0.292. The molecule has 0 aliphatic carbocycles. The molecule has 114 valence electrons. The van der Waals surface area contributed by atoms with Gasteiger partial charge in [0.15, 0.2) is 6.23 Å². The molecule has 0 saturated heterocycles. The number of methoxy groups -OCH3 is 2. The van der Waals surface area contributed by atoms with Gasteiger partial charge in [-0.1, -0.05) is 25.4 Å². The van der Waals surface area contributed by atoms with Crippen LogP contribution in [0, 0.1) is 5.92 Å². The maximum atomic E-state index is 9.94. The largest absolute Gasteiger partial charge is 0.496 e. The fourth-order valence-corrected chi connectivity index (χ4v) is 1.97. The lowest BCUT2D eigenvalue weighted by molar-refractivity contribution is 0.0267. The molecule has 3 N–H and O–H groups in total. The van der Waals surface area contributed by atoms with Crippen LogP contribution in [0.5, 0.6) is 17.2 Å². The molecule has 0 radical (unpaired) electrons. The van der Waals surface area contributed by atoms with E-state index in [1.807, 2.05) is 13.8 Å². The second-order valence-corrected chi connectivity index (χ2v) is 5.30. The fraction of sp³-hybridized carbons (Fsp3) is 0.571. The van der Waals surface area contributed by atoms with E-state index in [0.29, 0.717) is 34.6 Å². The van der Waals surface area contributed by atoms with Gasteiger partial charge in [-0.05, 0) is 12.3 Å². The van der Waals surface area contributed by atoms with Crippen LogP contribution in [0.4, 0.5) is 0 Å². The molecule has 2 unspecified atom stereocenters. The predicted octanol–water partition coefficient (Wildman–Crippen LogP) is 2.43. The lowest BCUT2D eigenvalue weighted by atomic mass is 10.1. The number of benzene rings is 1. The highest BCUT2D eigenvalue weighted by molar-refractivity contribution is 6.33. The molecular formula is C14H22ClNO4. The Hall–Kier alpha value is -1.17. The van der Waals surface area contributed by atoms with Gasteiger partial charge < -0.3 is 19.3 Å². The molecule has 20 heavy (non-hydrogen) atoms. The van der Waals surface area contributed by atoms with E-state index in [4.69, 9.17) is 31.5 Å². The molecule has 1 aromatic rings. The first-order chi connectivity index (χ1) is 9.38. The molecule has 0 bridgehead atoms. The molecule has 1 aromatic carbocycles. The van der Waals surface area contributed by atoms with Crippen molar-refractivity contribution in [1.29, 1.82) is 0 Å². The third-order valence-corrected chi connectivity index (χ3v) is 3.16. The van der Waals surface area contributed by atoms with Crippen molar-refractivity contribution in [2.24, 2.45) is 11.7 Å². The standard InChI is InChI=1S/C14H22ClNO4/c1-8(2)5-10(17)14(16)20-12-7-9(18-3)6-11(19-4)13(12)15/h6-8,10,14,17H,5,16H2,1-4H3. The zero-order valence-corrected chi connectivity index (χ0v) is 13.0. The summed E-state index contributed by atoms with van der Waals surface area (Å²) in [5, 5.41) is 10.2. The van der Waals surface area contributed by atoms with Gasteiger partial charge in [0.25, 0.3) is 0 Å². The van der Waals surface area contributed by atoms with Crippen molar-refractivity contribution in [2.45, 2.75) is 32.6 Å². The normalized spacial score (nSPS) is 14.0. The van der Waals surface area contributed by atoms with E-state index in [1.54, 1.807) is 12.1 Å². The summed E-state index contributed by atoms with van der Waals surface area (Å²) in [5.74, 6) is 1.59. The van der Waals surface area contributed by atoms with Crippen molar-refractivity contribution >= 4 is 11.6 Å². The third-order valence-electron chi connectivity index (χ3n) is 2.79. The summed E-state index contributed by atoms with van der Waals surface area (Å²) in [6.07, 6.45) is -1.10. The summed E-state index contributed by atoms with van der Waals surface area (Å²) in [6, 6.07) is 3.25. The van der Waals surface area contributed by atoms with Crippen molar-refractivity contribution in [2.75, 3.05) is 14.2 Å². The molecule has 0 aliphatic heterocycles. The van der Waals surface area contributed by atoms with Crippen LogP contribution < -0.4 is 19.9 Å². The molecule has 6 heteroatoms. The maximum Gasteiger partial charge on any atom is 0.173 e. The molecule has 5 nitrogen and oxygen atoms in total. The van der Waals surface area contributed by atoms with E-state index < -0.39 is 12.3 Å². The van der Waals surface area contributed by atoms with Crippen LogP contribution in [0.2, 0.25) is 5.02 Å². The van der Waals surface area contributed by atoms with Crippen LogP contribution in [-0.4, -0.2) is 31.7 Å². The maximum absolute atomic E-state index is 9.94. The highest BCUT2D eigenvalue weighted by Gasteiger charge is 2.20. The van der Waals surface area contributed by atoms with Gasteiger partial charge >= 0.3 is 0 Å². The first-order valence-corrected chi connectivity index (χ1v) is 6.78. The Labute approximate surface area is 124 Å². The second-order valence-electron chi connectivity index (χ2n) is 4.92. The molecule has 2 atom stereocenters. The number of nitrogens with two attached hydrogens (primary N) is 1. The van der Waals surface area contributed by atoms with E-state index in [-0.39, 0.29) is 0 Å². The zero-order chi connectivity index (χ0) is 15.3. The summed E-state index contributed by atoms with van der Waals surface area (Å²) in [4.78, 5) is 0. The topological polar surface area (TPSA) is 73.9 Å². The minimum atomic E-state index is -0.869. The number of ether oxygens (including phenoxy) is 3. The molecule has 0 saturated carbocycles. The summed E-state index contributed by atoms with van der Waals surface area (Å²) in [6.45, 7) is 4.00. The lowest BCUT2D eigenvalue weighted by Crippen LogP contribution is -2.40. The van der Waals surface area contributed by atoms with E-state index in [9.17, 15) is 5.11 Å². The van der Waals surface area contributed by atoms with Crippen LogP contribution >= 0.6 is 11.6 Å². The van der Waals surface area contributed by atoms with Crippen LogP contribution in [-0.2, 0) is 0 Å². The van der Waals surface area contributed by atoms with E-state index >= 15 is 0 Å². The summed E-state index contributed by atoms with van der Waals surface area (Å²) >= 11 is 6.15. The SMILES string of the molecule is COc1cc(OC)c(Cl)c(OC(N)C(O)CC(C)C)c1. The average Bonchev–Trinajstić information content (AvgIpc) is 2.40. The summed E-state index contributed by atoms with van der Waals surface area (Å²) in [7, 11) is 3.03. The Morgan fingerprint density at radius 2 is 1.80 bits per heavy atom. The average molecular weight is 304 g/mol. The highest BCUT2D eigenvalue weighted by Crippen LogP contribution is 2.38. The molecule has 0 aromatic heterocycles. The van der Waals surface area contributed by atoms with E-state index in [1.165, 1.54) is 14.2 Å². The van der Waals surface area contributed by atoms with Gasteiger partial charge in [0.05, 0.1) is 14.2 Å². The Kier molecular flexibility index (Phi) is 6.39. The van der Waals surface area contributed by atoms with Gasteiger partial charge in [-0.3, -0.25) is 5.73 Å². The van der Waals surface area contributed by atoms with E-state index in [0.717, 1.165) is 0 Å². The number of rotatable bonds is 7. The third kappa shape index (κ3) is 4.44. The monoisotopic (exact) mass is 303 g/mol. The van der Waals surface area contributed by atoms with Gasteiger partial charge in [-0.25, -0.2) is 0 Å².